The molecule has 1 fully saturated rings. The SMILES string of the molecule is CC(C)c1nc(Cc2ccn3ncc(C(=O)N[C@@H](C)C4CC4)c3n2)no1. The van der Waals surface area contributed by atoms with Gasteiger partial charge in [-0.3, -0.25) is 4.79 Å². The van der Waals surface area contributed by atoms with Crippen molar-refractivity contribution in [1.29, 1.82) is 0 Å². The van der Waals surface area contributed by atoms with E-state index in [1.54, 1.807) is 16.9 Å². The molecule has 1 saturated carbocycles. The van der Waals surface area contributed by atoms with Crippen molar-refractivity contribution in [2.45, 2.75) is 52.0 Å². The van der Waals surface area contributed by atoms with Crippen LogP contribution in [0, 0.1) is 5.92 Å². The molecule has 3 aromatic rings. The van der Waals surface area contributed by atoms with Gasteiger partial charge in [0, 0.05) is 18.2 Å². The van der Waals surface area contributed by atoms with Gasteiger partial charge in [0.15, 0.2) is 11.5 Å². The molecular weight excluding hydrogens is 332 g/mol. The fraction of sp³-hybridized carbons (Fsp3) is 0.500. The van der Waals surface area contributed by atoms with Crippen LogP contribution >= 0.6 is 0 Å². The Labute approximate surface area is 151 Å². The Morgan fingerprint density at radius 3 is 2.85 bits per heavy atom. The monoisotopic (exact) mass is 354 g/mol. The van der Waals surface area contributed by atoms with Gasteiger partial charge in [-0.2, -0.15) is 10.1 Å². The third kappa shape index (κ3) is 3.31. The van der Waals surface area contributed by atoms with E-state index in [0.29, 0.717) is 35.3 Å². The van der Waals surface area contributed by atoms with Gasteiger partial charge in [0.2, 0.25) is 5.89 Å². The Morgan fingerprint density at radius 1 is 1.35 bits per heavy atom. The summed E-state index contributed by atoms with van der Waals surface area (Å²) in [4.78, 5) is 21.5. The minimum atomic E-state index is -0.134. The van der Waals surface area contributed by atoms with Crippen molar-refractivity contribution in [3.8, 4) is 0 Å². The molecule has 3 aromatic heterocycles. The van der Waals surface area contributed by atoms with Crippen LogP contribution in [0.5, 0.6) is 0 Å². The molecule has 0 unspecified atom stereocenters. The lowest BCUT2D eigenvalue weighted by Crippen LogP contribution is -2.34. The second kappa shape index (κ2) is 6.51. The fourth-order valence-electron chi connectivity index (χ4n) is 2.90. The first-order chi connectivity index (χ1) is 12.5. The van der Waals surface area contributed by atoms with Gasteiger partial charge in [0.25, 0.3) is 5.91 Å². The summed E-state index contributed by atoms with van der Waals surface area (Å²) in [5, 5.41) is 11.3. The number of amides is 1. The number of carbonyl (C=O) groups excluding carboxylic acids is 1. The number of hydrogen-bond acceptors (Lipinski definition) is 6. The average Bonchev–Trinajstić information content (AvgIpc) is 3.21. The van der Waals surface area contributed by atoms with Gasteiger partial charge in [-0.15, -0.1) is 0 Å². The molecule has 1 N–H and O–H groups in total. The summed E-state index contributed by atoms with van der Waals surface area (Å²) in [5.41, 5.74) is 1.78. The molecule has 0 bridgehead atoms. The van der Waals surface area contributed by atoms with Crippen LogP contribution in [-0.2, 0) is 6.42 Å². The molecule has 3 heterocycles. The molecule has 0 saturated heterocycles. The highest BCUT2D eigenvalue weighted by atomic mass is 16.5. The molecule has 8 nitrogen and oxygen atoms in total. The van der Waals surface area contributed by atoms with Crippen LogP contribution in [0.3, 0.4) is 0 Å². The molecule has 8 heteroatoms. The van der Waals surface area contributed by atoms with Gasteiger partial charge in [0.05, 0.1) is 18.3 Å². The number of rotatable bonds is 6. The molecule has 136 valence electrons. The van der Waals surface area contributed by atoms with Crippen LogP contribution in [-0.4, -0.2) is 36.7 Å². The molecule has 1 amide bonds. The standard InChI is InChI=1S/C18H22N6O2/c1-10(2)18-22-15(23-26-18)8-13-6-7-24-16(21-13)14(9-19-24)17(25)20-11(3)12-4-5-12/h6-7,9-12H,4-5,8H2,1-3H3,(H,20,25)/t11-/m0/s1. The number of hydrogen-bond donors (Lipinski definition) is 1. The maximum absolute atomic E-state index is 12.6. The zero-order chi connectivity index (χ0) is 18.3. The normalized spacial score (nSPS) is 15.5. The first-order valence-electron chi connectivity index (χ1n) is 8.98. The number of carbonyl (C=O) groups is 1. The fourth-order valence-corrected chi connectivity index (χ4v) is 2.90. The topological polar surface area (TPSA) is 98.2 Å². The largest absolute Gasteiger partial charge is 0.349 e. The van der Waals surface area contributed by atoms with Crippen molar-refractivity contribution >= 4 is 11.6 Å². The first-order valence-corrected chi connectivity index (χ1v) is 8.98. The van der Waals surface area contributed by atoms with Crippen molar-refractivity contribution in [3.63, 3.8) is 0 Å². The van der Waals surface area contributed by atoms with Gasteiger partial charge in [-0.1, -0.05) is 19.0 Å². The minimum Gasteiger partial charge on any atom is -0.349 e. The molecular formula is C18H22N6O2. The number of aromatic nitrogens is 5. The lowest BCUT2D eigenvalue weighted by molar-refractivity contribution is 0.0937. The van der Waals surface area contributed by atoms with E-state index in [1.807, 2.05) is 26.8 Å². The summed E-state index contributed by atoms with van der Waals surface area (Å²) < 4.78 is 6.84. The maximum atomic E-state index is 12.6. The molecule has 4 rings (SSSR count). The lowest BCUT2D eigenvalue weighted by atomic mass is 10.2. The lowest BCUT2D eigenvalue weighted by Gasteiger charge is -2.11. The first kappa shape index (κ1) is 16.7. The number of nitrogens with zero attached hydrogens (tertiary/aromatic N) is 5. The van der Waals surface area contributed by atoms with E-state index in [-0.39, 0.29) is 17.9 Å². The quantitative estimate of drug-likeness (QED) is 0.730. The Kier molecular flexibility index (Phi) is 4.18. The third-order valence-electron chi connectivity index (χ3n) is 4.68. The van der Waals surface area contributed by atoms with E-state index in [4.69, 9.17) is 4.52 Å². The molecule has 26 heavy (non-hydrogen) atoms. The van der Waals surface area contributed by atoms with Crippen LogP contribution in [0.2, 0.25) is 0 Å². The second-order valence-corrected chi connectivity index (χ2v) is 7.23. The zero-order valence-corrected chi connectivity index (χ0v) is 15.1. The Morgan fingerprint density at radius 2 is 2.15 bits per heavy atom. The highest BCUT2D eigenvalue weighted by Crippen LogP contribution is 2.32. The number of fused-ring (bicyclic) bond motifs is 1. The summed E-state index contributed by atoms with van der Waals surface area (Å²) in [6.45, 7) is 6.05. The summed E-state index contributed by atoms with van der Waals surface area (Å²) in [6, 6.07) is 2.02. The zero-order valence-electron chi connectivity index (χ0n) is 15.1. The predicted octanol–water partition coefficient (Wildman–Crippen LogP) is 2.35. The highest BCUT2D eigenvalue weighted by Gasteiger charge is 2.29. The maximum Gasteiger partial charge on any atom is 0.256 e. The Balaban J connectivity index is 1.56. The van der Waals surface area contributed by atoms with Crippen LogP contribution in [0.25, 0.3) is 5.65 Å². The van der Waals surface area contributed by atoms with Gasteiger partial charge >= 0.3 is 0 Å². The van der Waals surface area contributed by atoms with Crippen molar-refractivity contribution < 1.29 is 9.32 Å². The van der Waals surface area contributed by atoms with E-state index >= 15 is 0 Å². The third-order valence-corrected chi connectivity index (χ3v) is 4.68. The van der Waals surface area contributed by atoms with Crippen molar-refractivity contribution in [1.82, 2.24) is 30.1 Å². The van der Waals surface area contributed by atoms with E-state index < -0.39 is 0 Å². The molecule has 0 radical (unpaired) electrons. The average molecular weight is 354 g/mol. The van der Waals surface area contributed by atoms with Crippen molar-refractivity contribution in [3.05, 3.63) is 41.4 Å². The number of nitrogens with one attached hydrogen (secondary N) is 1. The van der Waals surface area contributed by atoms with Crippen LogP contribution < -0.4 is 5.32 Å². The Hall–Kier alpha value is -2.77. The summed E-state index contributed by atoms with van der Waals surface area (Å²) in [5.74, 6) is 1.84. The molecule has 1 atom stereocenters. The minimum absolute atomic E-state index is 0.134. The van der Waals surface area contributed by atoms with E-state index in [2.05, 4.69) is 25.5 Å². The molecule has 0 aliphatic heterocycles. The van der Waals surface area contributed by atoms with E-state index in [1.165, 1.54) is 12.8 Å². The summed E-state index contributed by atoms with van der Waals surface area (Å²) in [7, 11) is 0. The van der Waals surface area contributed by atoms with Gasteiger partial charge in [-0.05, 0) is 31.7 Å². The van der Waals surface area contributed by atoms with Crippen LogP contribution in [0.1, 0.15) is 67.3 Å². The predicted molar refractivity (Wildman–Crippen MR) is 93.8 cm³/mol. The second-order valence-electron chi connectivity index (χ2n) is 7.23. The smallest absolute Gasteiger partial charge is 0.256 e. The van der Waals surface area contributed by atoms with Gasteiger partial charge in [0.1, 0.15) is 5.56 Å². The molecule has 1 aliphatic rings. The Bertz CT molecular complexity index is 940. The van der Waals surface area contributed by atoms with Crippen LogP contribution in [0.4, 0.5) is 0 Å². The van der Waals surface area contributed by atoms with E-state index in [9.17, 15) is 4.79 Å². The highest BCUT2D eigenvalue weighted by molar-refractivity contribution is 5.99. The van der Waals surface area contributed by atoms with E-state index in [0.717, 1.165) is 5.69 Å². The molecule has 0 spiro atoms. The molecule has 0 aromatic carbocycles. The summed E-state index contributed by atoms with van der Waals surface area (Å²) >= 11 is 0. The van der Waals surface area contributed by atoms with Crippen LogP contribution in [0.15, 0.2) is 23.0 Å². The summed E-state index contributed by atoms with van der Waals surface area (Å²) in [6.07, 6.45) is 6.16. The van der Waals surface area contributed by atoms with Gasteiger partial charge in [-0.25, -0.2) is 9.50 Å². The van der Waals surface area contributed by atoms with Crippen molar-refractivity contribution in [2.24, 2.45) is 5.92 Å². The van der Waals surface area contributed by atoms with Gasteiger partial charge < -0.3 is 9.84 Å². The molecule has 1 aliphatic carbocycles. The van der Waals surface area contributed by atoms with Crippen molar-refractivity contribution in [2.75, 3.05) is 0 Å².